The Morgan fingerprint density at radius 3 is 2.65 bits per heavy atom. The molecule has 0 fully saturated rings. The van der Waals surface area contributed by atoms with Crippen molar-refractivity contribution in [3.05, 3.63) is 54.4 Å². The van der Waals surface area contributed by atoms with Crippen molar-refractivity contribution in [2.45, 2.75) is 17.3 Å². The van der Waals surface area contributed by atoms with Crippen molar-refractivity contribution in [1.82, 2.24) is 25.1 Å². The number of benzene rings is 1. The van der Waals surface area contributed by atoms with Gasteiger partial charge in [-0.2, -0.15) is 0 Å². The SMILES string of the molecule is C[C@H](Sc1nnc(-c2ccco2)n1N)c1nnc(-c2ccc(F)cc2)o1. The molecule has 1 aromatic carbocycles. The van der Waals surface area contributed by atoms with Gasteiger partial charge in [0.15, 0.2) is 5.76 Å². The van der Waals surface area contributed by atoms with Crippen LogP contribution in [0.4, 0.5) is 4.39 Å². The summed E-state index contributed by atoms with van der Waals surface area (Å²) in [5, 5.41) is 16.4. The van der Waals surface area contributed by atoms with Crippen molar-refractivity contribution < 1.29 is 13.2 Å². The number of nitrogens with two attached hydrogens (primary N) is 1. The maximum absolute atomic E-state index is 13.0. The molecule has 2 N–H and O–H groups in total. The Morgan fingerprint density at radius 2 is 1.92 bits per heavy atom. The topological polar surface area (TPSA) is 109 Å². The standard InChI is InChI=1S/C16H13FN6O2S/c1-9(14-20-21-15(25-14)10-4-6-11(17)7-5-10)26-16-22-19-13(23(16)18)12-3-2-8-24-12/h2-9H,18H2,1H3/t9-/m0/s1. The van der Waals surface area contributed by atoms with E-state index in [1.165, 1.54) is 34.8 Å². The highest BCUT2D eigenvalue weighted by molar-refractivity contribution is 7.99. The van der Waals surface area contributed by atoms with Gasteiger partial charge in [0.2, 0.25) is 22.8 Å². The second-order valence-corrected chi connectivity index (χ2v) is 6.67. The molecule has 0 bridgehead atoms. The molecule has 0 aliphatic carbocycles. The largest absolute Gasteiger partial charge is 0.461 e. The molecule has 3 aromatic heterocycles. The first-order chi connectivity index (χ1) is 12.6. The molecule has 0 amide bonds. The normalized spacial score (nSPS) is 12.4. The van der Waals surface area contributed by atoms with Gasteiger partial charge in [0.1, 0.15) is 5.82 Å². The predicted octanol–water partition coefficient (Wildman–Crippen LogP) is 3.29. The Morgan fingerprint density at radius 1 is 1.12 bits per heavy atom. The molecule has 0 aliphatic rings. The van der Waals surface area contributed by atoms with Crippen LogP contribution in [0.3, 0.4) is 0 Å². The third-order valence-electron chi connectivity index (χ3n) is 3.57. The van der Waals surface area contributed by atoms with Gasteiger partial charge in [-0.15, -0.1) is 20.4 Å². The van der Waals surface area contributed by atoms with Crippen molar-refractivity contribution in [1.29, 1.82) is 0 Å². The van der Waals surface area contributed by atoms with Gasteiger partial charge >= 0.3 is 0 Å². The van der Waals surface area contributed by atoms with Gasteiger partial charge in [-0.25, -0.2) is 9.07 Å². The molecular formula is C16H13FN6O2S. The van der Waals surface area contributed by atoms with Crippen LogP contribution in [0.1, 0.15) is 18.1 Å². The molecular weight excluding hydrogens is 359 g/mol. The van der Waals surface area contributed by atoms with Gasteiger partial charge in [-0.1, -0.05) is 11.8 Å². The maximum Gasteiger partial charge on any atom is 0.247 e. The summed E-state index contributed by atoms with van der Waals surface area (Å²) in [6.45, 7) is 1.88. The summed E-state index contributed by atoms with van der Waals surface area (Å²) in [6, 6.07) is 9.33. The molecule has 0 saturated carbocycles. The summed E-state index contributed by atoms with van der Waals surface area (Å²) in [5.74, 6) is 7.37. The van der Waals surface area contributed by atoms with E-state index in [0.29, 0.717) is 34.1 Å². The zero-order valence-electron chi connectivity index (χ0n) is 13.5. The van der Waals surface area contributed by atoms with Crippen LogP contribution in [0.5, 0.6) is 0 Å². The first-order valence-electron chi connectivity index (χ1n) is 7.62. The Kier molecular flexibility index (Phi) is 4.17. The fourth-order valence-electron chi connectivity index (χ4n) is 2.25. The number of hydrogen-bond acceptors (Lipinski definition) is 8. The number of nitrogens with zero attached hydrogens (tertiary/aromatic N) is 5. The van der Waals surface area contributed by atoms with E-state index in [1.54, 1.807) is 24.3 Å². The van der Waals surface area contributed by atoms with Crippen LogP contribution in [0, 0.1) is 5.82 Å². The highest BCUT2D eigenvalue weighted by atomic mass is 32.2. The van der Waals surface area contributed by atoms with Crippen molar-refractivity contribution in [2.75, 3.05) is 5.84 Å². The minimum Gasteiger partial charge on any atom is -0.461 e. The fraction of sp³-hybridized carbons (Fsp3) is 0.125. The van der Waals surface area contributed by atoms with Gasteiger partial charge in [0, 0.05) is 5.56 Å². The van der Waals surface area contributed by atoms with E-state index in [2.05, 4.69) is 20.4 Å². The quantitative estimate of drug-likeness (QED) is 0.420. The lowest BCUT2D eigenvalue weighted by Crippen LogP contribution is -2.11. The number of rotatable bonds is 5. The molecule has 132 valence electrons. The summed E-state index contributed by atoms with van der Waals surface area (Å²) < 4.78 is 25.3. The second kappa shape index (κ2) is 6.64. The Balaban J connectivity index is 1.52. The highest BCUT2D eigenvalue weighted by Gasteiger charge is 2.21. The smallest absolute Gasteiger partial charge is 0.247 e. The zero-order chi connectivity index (χ0) is 18.1. The van der Waals surface area contributed by atoms with Crippen LogP contribution >= 0.6 is 11.8 Å². The molecule has 0 aliphatic heterocycles. The summed E-state index contributed by atoms with van der Waals surface area (Å²) in [6.07, 6.45) is 1.54. The zero-order valence-corrected chi connectivity index (χ0v) is 14.4. The minimum atomic E-state index is -0.327. The summed E-state index contributed by atoms with van der Waals surface area (Å²) in [7, 11) is 0. The van der Waals surface area contributed by atoms with Crippen LogP contribution in [0.15, 0.2) is 56.7 Å². The van der Waals surface area contributed by atoms with Gasteiger partial charge in [-0.3, -0.25) is 0 Å². The lowest BCUT2D eigenvalue weighted by atomic mass is 10.2. The van der Waals surface area contributed by atoms with E-state index in [9.17, 15) is 4.39 Å². The number of thioether (sulfide) groups is 1. The molecule has 4 rings (SSSR count). The Hall–Kier alpha value is -3.14. The molecule has 0 radical (unpaired) electrons. The lowest BCUT2D eigenvalue weighted by molar-refractivity contribution is 0.508. The molecule has 0 unspecified atom stereocenters. The monoisotopic (exact) mass is 372 g/mol. The predicted molar refractivity (Wildman–Crippen MR) is 91.8 cm³/mol. The van der Waals surface area contributed by atoms with Crippen LogP contribution in [-0.2, 0) is 0 Å². The number of halogens is 1. The van der Waals surface area contributed by atoms with Crippen LogP contribution in [-0.4, -0.2) is 25.1 Å². The van der Waals surface area contributed by atoms with Crippen molar-refractivity contribution in [3.8, 4) is 23.0 Å². The highest BCUT2D eigenvalue weighted by Crippen LogP contribution is 2.34. The molecule has 26 heavy (non-hydrogen) atoms. The van der Waals surface area contributed by atoms with Gasteiger partial charge in [0.25, 0.3) is 0 Å². The second-order valence-electron chi connectivity index (χ2n) is 5.37. The molecule has 0 spiro atoms. The van der Waals surface area contributed by atoms with Crippen LogP contribution in [0.25, 0.3) is 23.0 Å². The lowest BCUT2D eigenvalue weighted by Gasteiger charge is -2.06. The van der Waals surface area contributed by atoms with E-state index in [1.807, 2.05) is 6.92 Å². The van der Waals surface area contributed by atoms with Gasteiger partial charge in [-0.05, 0) is 43.3 Å². The fourth-order valence-corrected chi connectivity index (χ4v) is 3.05. The van der Waals surface area contributed by atoms with E-state index in [4.69, 9.17) is 14.7 Å². The number of aromatic nitrogens is 5. The van der Waals surface area contributed by atoms with Crippen molar-refractivity contribution >= 4 is 11.8 Å². The first kappa shape index (κ1) is 16.3. The Labute approximate surface area is 151 Å². The van der Waals surface area contributed by atoms with E-state index in [-0.39, 0.29) is 11.1 Å². The molecule has 1 atom stereocenters. The molecule has 10 heteroatoms. The maximum atomic E-state index is 13.0. The van der Waals surface area contributed by atoms with Crippen LogP contribution < -0.4 is 5.84 Å². The average molecular weight is 372 g/mol. The van der Waals surface area contributed by atoms with Crippen molar-refractivity contribution in [3.63, 3.8) is 0 Å². The molecule has 8 nitrogen and oxygen atoms in total. The van der Waals surface area contributed by atoms with Gasteiger partial charge in [0.05, 0.1) is 11.5 Å². The molecule has 3 heterocycles. The van der Waals surface area contributed by atoms with Gasteiger partial charge < -0.3 is 14.7 Å². The first-order valence-corrected chi connectivity index (χ1v) is 8.50. The van der Waals surface area contributed by atoms with E-state index < -0.39 is 0 Å². The summed E-state index contributed by atoms with van der Waals surface area (Å²) in [4.78, 5) is 0. The number of nitrogen functional groups attached to an aromatic ring is 1. The van der Waals surface area contributed by atoms with Crippen LogP contribution in [0.2, 0.25) is 0 Å². The minimum absolute atomic E-state index is 0.215. The number of furan rings is 1. The van der Waals surface area contributed by atoms with Crippen molar-refractivity contribution in [2.24, 2.45) is 0 Å². The van der Waals surface area contributed by atoms with E-state index >= 15 is 0 Å². The Bertz CT molecular complexity index is 1010. The molecule has 4 aromatic rings. The third-order valence-corrected chi connectivity index (χ3v) is 4.61. The summed E-state index contributed by atoms with van der Waals surface area (Å²) >= 11 is 1.32. The van der Waals surface area contributed by atoms with E-state index in [0.717, 1.165) is 0 Å². The number of hydrogen-bond donors (Lipinski definition) is 1. The molecule has 0 saturated heterocycles. The average Bonchev–Trinajstić information content (AvgIpc) is 3.37. The summed E-state index contributed by atoms with van der Waals surface area (Å²) in [5.41, 5.74) is 0.643. The third kappa shape index (κ3) is 3.06.